The van der Waals surface area contributed by atoms with Gasteiger partial charge in [-0.3, -0.25) is 9.59 Å². The zero-order chi connectivity index (χ0) is 21.6. The number of sulfonamides is 1. The zero-order valence-corrected chi connectivity index (χ0v) is 17.9. The summed E-state index contributed by atoms with van der Waals surface area (Å²) in [6, 6.07) is 11.1. The minimum atomic E-state index is -3.85. The van der Waals surface area contributed by atoms with Crippen LogP contribution in [0.25, 0.3) is 0 Å². The van der Waals surface area contributed by atoms with Crippen LogP contribution < -0.4 is 10.1 Å². The lowest BCUT2D eigenvalue weighted by Crippen LogP contribution is -2.37. The first kappa shape index (κ1) is 22.6. The summed E-state index contributed by atoms with van der Waals surface area (Å²) in [6.45, 7) is 7.01. The Labute approximate surface area is 171 Å². The van der Waals surface area contributed by atoms with Gasteiger partial charge in [-0.2, -0.15) is 4.31 Å². The molecule has 156 valence electrons. The van der Waals surface area contributed by atoms with E-state index in [9.17, 15) is 18.0 Å². The fraction of sp³-hybridized carbons (Fsp3) is 0.333. The number of nitrogens with one attached hydrogen (secondary N) is 1. The van der Waals surface area contributed by atoms with Gasteiger partial charge in [0.1, 0.15) is 5.75 Å². The summed E-state index contributed by atoms with van der Waals surface area (Å²) in [7, 11) is -3.85. The number of ether oxygens (including phenoxy) is 1. The summed E-state index contributed by atoms with van der Waals surface area (Å²) < 4.78 is 32.5. The SMILES string of the molecule is CCOc1ccc(S(=O)(=O)N(CC)CC(=O)Nc2cccc(C(C)=O)c2)cc1C. The van der Waals surface area contributed by atoms with Crippen LogP contribution in [0.2, 0.25) is 0 Å². The predicted molar refractivity (Wildman–Crippen MR) is 112 cm³/mol. The van der Waals surface area contributed by atoms with Crippen molar-refractivity contribution in [3.63, 3.8) is 0 Å². The number of nitrogens with zero attached hydrogens (tertiary/aromatic N) is 1. The van der Waals surface area contributed by atoms with E-state index >= 15 is 0 Å². The van der Waals surface area contributed by atoms with E-state index in [2.05, 4.69) is 5.32 Å². The van der Waals surface area contributed by atoms with Crippen molar-refractivity contribution in [1.29, 1.82) is 0 Å². The van der Waals surface area contributed by atoms with E-state index in [1.54, 1.807) is 44.2 Å². The molecule has 1 amide bonds. The fourth-order valence-corrected chi connectivity index (χ4v) is 4.28. The van der Waals surface area contributed by atoms with Crippen molar-refractivity contribution in [2.24, 2.45) is 0 Å². The Bertz CT molecular complexity index is 1000. The van der Waals surface area contributed by atoms with Crippen molar-refractivity contribution in [2.75, 3.05) is 25.0 Å². The van der Waals surface area contributed by atoms with E-state index < -0.39 is 15.9 Å². The first-order valence-electron chi connectivity index (χ1n) is 9.33. The molecule has 0 saturated carbocycles. The molecule has 29 heavy (non-hydrogen) atoms. The number of hydrogen-bond acceptors (Lipinski definition) is 5. The van der Waals surface area contributed by atoms with E-state index in [4.69, 9.17) is 4.74 Å². The van der Waals surface area contributed by atoms with Gasteiger partial charge >= 0.3 is 0 Å². The van der Waals surface area contributed by atoms with Crippen LogP contribution in [0.15, 0.2) is 47.4 Å². The third-order valence-corrected chi connectivity index (χ3v) is 6.23. The number of Topliss-reactive ketones (excluding diaryl/α,β-unsaturated/α-hetero) is 1. The Kier molecular flexibility index (Phi) is 7.53. The van der Waals surface area contributed by atoms with Crippen LogP contribution in [0.5, 0.6) is 5.75 Å². The van der Waals surface area contributed by atoms with Crippen molar-refractivity contribution < 1.29 is 22.7 Å². The van der Waals surface area contributed by atoms with Crippen molar-refractivity contribution >= 4 is 27.4 Å². The Balaban J connectivity index is 2.17. The summed E-state index contributed by atoms with van der Waals surface area (Å²) in [4.78, 5) is 24.0. The lowest BCUT2D eigenvalue weighted by molar-refractivity contribution is -0.116. The fourth-order valence-electron chi connectivity index (χ4n) is 2.79. The standard InChI is InChI=1S/C21H26N2O5S/c1-5-23(14-21(25)22-18-9-7-8-17(13-18)16(4)24)29(26,27)19-10-11-20(28-6-2)15(3)12-19/h7-13H,5-6,14H2,1-4H3,(H,22,25). The summed E-state index contributed by atoms with van der Waals surface area (Å²) in [5, 5.41) is 2.65. The maximum Gasteiger partial charge on any atom is 0.243 e. The Morgan fingerprint density at radius 3 is 2.41 bits per heavy atom. The number of ketones is 1. The first-order valence-corrected chi connectivity index (χ1v) is 10.8. The molecule has 8 heteroatoms. The van der Waals surface area contributed by atoms with Gasteiger partial charge in [0.15, 0.2) is 5.78 Å². The summed E-state index contributed by atoms with van der Waals surface area (Å²) in [6.07, 6.45) is 0. The number of aryl methyl sites for hydroxylation is 1. The molecule has 0 bridgehead atoms. The van der Waals surface area contributed by atoms with Gasteiger partial charge in [-0.1, -0.05) is 19.1 Å². The second kappa shape index (κ2) is 9.67. The molecule has 7 nitrogen and oxygen atoms in total. The van der Waals surface area contributed by atoms with Crippen LogP contribution in [-0.4, -0.2) is 44.1 Å². The molecule has 0 saturated heterocycles. The van der Waals surface area contributed by atoms with E-state index in [1.807, 2.05) is 6.92 Å². The molecular formula is C21H26N2O5S. The van der Waals surface area contributed by atoms with Crippen LogP contribution in [0.4, 0.5) is 5.69 Å². The number of carbonyl (C=O) groups is 2. The average molecular weight is 419 g/mol. The molecule has 0 aliphatic heterocycles. The highest BCUT2D eigenvalue weighted by atomic mass is 32.2. The summed E-state index contributed by atoms with van der Waals surface area (Å²) in [5.74, 6) is 0.0149. The van der Waals surface area contributed by atoms with E-state index in [1.165, 1.54) is 19.1 Å². The Morgan fingerprint density at radius 1 is 1.10 bits per heavy atom. The number of anilines is 1. The van der Waals surface area contributed by atoms with Crippen molar-refractivity contribution in [3.8, 4) is 5.75 Å². The van der Waals surface area contributed by atoms with E-state index in [0.29, 0.717) is 29.2 Å². The lowest BCUT2D eigenvalue weighted by Gasteiger charge is -2.21. The molecule has 0 heterocycles. The molecule has 0 radical (unpaired) electrons. The van der Waals surface area contributed by atoms with Gasteiger partial charge < -0.3 is 10.1 Å². The Hall–Kier alpha value is -2.71. The van der Waals surface area contributed by atoms with Crippen LogP contribution in [0, 0.1) is 6.92 Å². The van der Waals surface area contributed by atoms with Crippen LogP contribution in [-0.2, 0) is 14.8 Å². The predicted octanol–water partition coefficient (Wildman–Crippen LogP) is 3.25. The number of benzene rings is 2. The van der Waals surface area contributed by atoms with E-state index in [-0.39, 0.29) is 23.8 Å². The van der Waals surface area contributed by atoms with Gasteiger partial charge in [0, 0.05) is 17.8 Å². The Morgan fingerprint density at radius 2 is 1.83 bits per heavy atom. The first-order chi connectivity index (χ1) is 13.7. The molecule has 0 spiro atoms. The second-order valence-electron chi connectivity index (χ2n) is 6.48. The molecule has 2 aromatic carbocycles. The molecule has 0 aliphatic rings. The highest BCUT2D eigenvalue weighted by Crippen LogP contribution is 2.24. The van der Waals surface area contributed by atoms with Crippen molar-refractivity contribution in [1.82, 2.24) is 4.31 Å². The topological polar surface area (TPSA) is 92.8 Å². The third-order valence-electron chi connectivity index (χ3n) is 4.31. The molecule has 2 aromatic rings. The summed E-state index contributed by atoms with van der Waals surface area (Å²) >= 11 is 0. The number of carbonyl (C=O) groups excluding carboxylic acids is 2. The lowest BCUT2D eigenvalue weighted by atomic mass is 10.1. The van der Waals surface area contributed by atoms with Gasteiger partial charge in [-0.15, -0.1) is 0 Å². The van der Waals surface area contributed by atoms with Crippen LogP contribution in [0.3, 0.4) is 0 Å². The molecular weight excluding hydrogens is 392 g/mol. The largest absolute Gasteiger partial charge is 0.494 e. The number of hydrogen-bond donors (Lipinski definition) is 1. The zero-order valence-electron chi connectivity index (χ0n) is 17.1. The quantitative estimate of drug-likeness (QED) is 0.631. The van der Waals surface area contributed by atoms with Crippen LogP contribution in [0.1, 0.15) is 36.7 Å². The van der Waals surface area contributed by atoms with Crippen molar-refractivity contribution in [2.45, 2.75) is 32.6 Å². The monoisotopic (exact) mass is 418 g/mol. The molecule has 0 aromatic heterocycles. The van der Waals surface area contributed by atoms with Crippen molar-refractivity contribution in [3.05, 3.63) is 53.6 Å². The third kappa shape index (κ3) is 5.65. The van der Waals surface area contributed by atoms with Gasteiger partial charge in [0.2, 0.25) is 15.9 Å². The van der Waals surface area contributed by atoms with Gasteiger partial charge in [0.05, 0.1) is 18.0 Å². The number of likely N-dealkylation sites (N-methyl/N-ethyl adjacent to an activating group) is 1. The second-order valence-corrected chi connectivity index (χ2v) is 8.41. The molecule has 2 rings (SSSR count). The summed E-state index contributed by atoms with van der Waals surface area (Å²) in [5.41, 5.74) is 1.61. The number of rotatable bonds is 9. The molecule has 0 unspecified atom stereocenters. The minimum Gasteiger partial charge on any atom is -0.494 e. The maximum absolute atomic E-state index is 13.0. The molecule has 0 aliphatic carbocycles. The van der Waals surface area contributed by atoms with E-state index in [0.717, 1.165) is 4.31 Å². The minimum absolute atomic E-state index is 0.103. The number of amides is 1. The molecule has 0 fully saturated rings. The normalized spacial score (nSPS) is 11.3. The van der Waals surface area contributed by atoms with Gasteiger partial charge in [-0.05, 0) is 56.7 Å². The van der Waals surface area contributed by atoms with Crippen LogP contribution >= 0.6 is 0 Å². The highest BCUT2D eigenvalue weighted by molar-refractivity contribution is 7.89. The van der Waals surface area contributed by atoms with Gasteiger partial charge in [-0.25, -0.2) is 8.42 Å². The maximum atomic E-state index is 13.0. The smallest absolute Gasteiger partial charge is 0.243 e. The molecule has 1 N–H and O–H groups in total. The average Bonchev–Trinajstić information content (AvgIpc) is 2.67. The van der Waals surface area contributed by atoms with Gasteiger partial charge in [0.25, 0.3) is 0 Å². The molecule has 0 atom stereocenters. The highest BCUT2D eigenvalue weighted by Gasteiger charge is 2.26.